The van der Waals surface area contributed by atoms with Crippen LogP contribution >= 0.6 is 0 Å². The zero-order chi connectivity index (χ0) is 15.2. The Morgan fingerprint density at radius 3 is 2.76 bits per heavy atom. The Labute approximate surface area is 120 Å². The van der Waals surface area contributed by atoms with Crippen LogP contribution in [0.2, 0.25) is 0 Å². The Kier molecular flexibility index (Phi) is 4.78. The van der Waals surface area contributed by atoms with Crippen molar-refractivity contribution in [1.29, 1.82) is 0 Å². The molecule has 21 heavy (non-hydrogen) atoms. The number of aromatic amines is 1. The zero-order valence-electron chi connectivity index (χ0n) is 11.3. The van der Waals surface area contributed by atoms with Gasteiger partial charge in [0.2, 0.25) is 0 Å². The normalized spacial score (nSPS) is 10.4. The summed E-state index contributed by atoms with van der Waals surface area (Å²) in [5.41, 5.74) is 5.57. The first-order chi connectivity index (χ1) is 10.1. The second kappa shape index (κ2) is 6.76. The number of anilines is 1. The highest BCUT2D eigenvalue weighted by atomic mass is 19.1. The largest absolute Gasteiger partial charge is 0.330 e. The molecule has 3 N–H and O–H groups in total. The van der Waals surface area contributed by atoms with Crippen LogP contribution in [-0.4, -0.2) is 29.2 Å². The van der Waals surface area contributed by atoms with E-state index in [4.69, 9.17) is 5.73 Å². The Balaban J connectivity index is 2.33. The lowest BCUT2D eigenvalue weighted by atomic mass is 10.2. The minimum Gasteiger partial charge on any atom is -0.330 e. The second-order valence-electron chi connectivity index (χ2n) is 4.39. The highest BCUT2D eigenvalue weighted by Gasteiger charge is 2.19. The van der Waals surface area contributed by atoms with Gasteiger partial charge < -0.3 is 10.6 Å². The van der Waals surface area contributed by atoms with E-state index in [1.54, 1.807) is 6.07 Å². The van der Waals surface area contributed by atoms with Crippen molar-refractivity contribution in [3.63, 3.8) is 0 Å². The SMILES string of the molecule is NCCCN(C(=O)c1ccc(=O)[nH]n1)c1cccc(F)c1. The molecule has 0 aliphatic heterocycles. The smallest absolute Gasteiger partial charge is 0.278 e. The minimum absolute atomic E-state index is 0.0795. The number of nitrogens with zero attached hydrogens (tertiary/aromatic N) is 2. The van der Waals surface area contributed by atoms with Crippen molar-refractivity contribution < 1.29 is 9.18 Å². The molecule has 2 rings (SSSR count). The maximum atomic E-state index is 13.3. The molecule has 0 saturated carbocycles. The summed E-state index contributed by atoms with van der Waals surface area (Å²) in [5, 5.41) is 5.90. The molecule has 1 heterocycles. The van der Waals surface area contributed by atoms with Gasteiger partial charge >= 0.3 is 0 Å². The summed E-state index contributed by atoms with van der Waals surface area (Å²) in [6, 6.07) is 8.26. The van der Waals surface area contributed by atoms with Crippen LogP contribution in [0.3, 0.4) is 0 Å². The van der Waals surface area contributed by atoms with Gasteiger partial charge in [0.25, 0.3) is 11.5 Å². The first-order valence-electron chi connectivity index (χ1n) is 6.45. The number of aromatic nitrogens is 2. The van der Waals surface area contributed by atoms with Crippen molar-refractivity contribution >= 4 is 11.6 Å². The van der Waals surface area contributed by atoms with Gasteiger partial charge in [0.15, 0.2) is 0 Å². The molecule has 0 aliphatic carbocycles. The molecule has 0 radical (unpaired) electrons. The first kappa shape index (κ1) is 14.9. The van der Waals surface area contributed by atoms with Crippen molar-refractivity contribution in [3.05, 3.63) is 58.3 Å². The number of nitrogens with two attached hydrogens (primary N) is 1. The molecule has 0 fully saturated rings. The molecule has 2 aromatic rings. The van der Waals surface area contributed by atoms with Crippen LogP contribution in [0.4, 0.5) is 10.1 Å². The van der Waals surface area contributed by atoms with Gasteiger partial charge in [-0.1, -0.05) is 6.07 Å². The highest BCUT2D eigenvalue weighted by Crippen LogP contribution is 2.18. The summed E-state index contributed by atoms with van der Waals surface area (Å²) in [4.78, 5) is 24.8. The number of nitrogens with one attached hydrogen (secondary N) is 1. The molecule has 0 bridgehead atoms. The number of hydrogen-bond acceptors (Lipinski definition) is 4. The van der Waals surface area contributed by atoms with Crippen molar-refractivity contribution in [1.82, 2.24) is 10.2 Å². The van der Waals surface area contributed by atoms with Gasteiger partial charge in [-0.3, -0.25) is 9.59 Å². The summed E-state index contributed by atoms with van der Waals surface area (Å²) >= 11 is 0. The number of benzene rings is 1. The van der Waals surface area contributed by atoms with Crippen molar-refractivity contribution in [2.75, 3.05) is 18.0 Å². The molecule has 1 amide bonds. The van der Waals surface area contributed by atoms with Gasteiger partial charge in [0.1, 0.15) is 11.5 Å². The third-order valence-corrected chi connectivity index (χ3v) is 2.85. The topological polar surface area (TPSA) is 92.1 Å². The van der Waals surface area contributed by atoms with Crippen molar-refractivity contribution in [2.24, 2.45) is 5.73 Å². The standard InChI is InChI=1S/C14H15FN4O2/c15-10-3-1-4-11(9-10)19(8-2-7-16)14(21)12-5-6-13(20)18-17-12/h1,3-6,9H,2,7-8,16H2,(H,18,20). The first-order valence-corrected chi connectivity index (χ1v) is 6.45. The van der Waals surface area contributed by atoms with Gasteiger partial charge in [-0.05, 0) is 37.2 Å². The minimum atomic E-state index is -0.438. The number of H-pyrrole nitrogens is 1. The average Bonchev–Trinajstić information content (AvgIpc) is 2.48. The van der Waals surface area contributed by atoms with Gasteiger partial charge in [0.05, 0.1) is 0 Å². The lowest BCUT2D eigenvalue weighted by molar-refractivity contribution is 0.0981. The third kappa shape index (κ3) is 3.73. The van der Waals surface area contributed by atoms with Crippen LogP contribution in [-0.2, 0) is 0 Å². The van der Waals surface area contributed by atoms with Crippen LogP contribution in [0.15, 0.2) is 41.2 Å². The molecule has 0 saturated heterocycles. The quantitative estimate of drug-likeness (QED) is 0.856. The number of rotatable bonds is 5. The van der Waals surface area contributed by atoms with Crippen LogP contribution < -0.4 is 16.2 Å². The summed E-state index contributed by atoms with van der Waals surface area (Å²) in [7, 11) is 0. The number of carbonyl (C=O) groups excluding carboxylic acids is 1. The van der Waals surface area contributed by atoms with E-state index in [0.29, 0.717) is 25.2 Å². The fraction of sp³-hybridized carbons (Fsp3) is 0.214. The molecule has 6 nitrogen and oxygen atoms in total. The second-order valence-corrected chi connectivity index (χ2v) is 4.39. The van der Waals surface area contributed by atoms with Crippen molar-refractivity contribution in [2.45, 2.75) is 6.42 Å². The average molecular weight is 290 g/mol. The summed E-state index contributed by atoms with van der Waals surface area (Å²) in [6.45, 7) is 0.734. The van der Waals surface area contributed by atoms with Gasteiger partial charge in [-0.2, -0.15) is 5.10 Å². The summed E-state index contributed by atoms with van der Waals surface area (Å²) < 4.78 is 13.3. The Morgan fingerprint density at radius 2 is 2.14 bits per heavy atom. The van der Waals surface area contributed by atoms with Crippen LogP contribution in [0.1, 0.15) is 16.9 Å². The monoisotopic (exact) mass is 290 g/mol. The maximum absolute atomic E-state index is 13.3. The van der Waals surface area contributed by atoms with E-state index in [1.165, 1.54) is 35.2 Å². The molecule has 0 atom stereocenters. The molecule has 0 spiro atoms. The molecule has 0 aliphatic rings. The molecule has 1 aromatic carbocycles. The Hall–Kier alpha value is -2.54. The fourth-order valence-corrected chi connectivity index (χ4v) is 1.84. The Bertz CT molecular complexity index is 666. The van der Waals surface area contributed by atoms with E-state index >= 15 is 0 Å². The third-order valence-electron chi connectivity index (χ3n) is 2.85. The van der Waals surface area contributed by atoms with E-state index in [1.807, 2.05) is 0 Å². The molecular formula is C14H15FN4O2. The zero-order valence-corrected chi connectivity index (χ0v) is 11.3. The fourth-order valence-electron chi connectivity index (χ4n) is 1.84. The maximum Gasteiger partial charge on any atom is 0.278 e. The van der Waals surface area contributed by atoms with Crippen LogP contribution in [0.5, 0.6) is 0 Å². The number of amides is 1. The summed E-state index contributed by atoms with van der Waals surface area (Å²) in [6.07, 6.45) is 0.561. The molecule has 0 unspecified atom stereocenters. The number of carbonyl (C=O) groups is 1. The van der Waals surface area contributed by atoms with Gasteiger partial charge in [0, 0.05) is 18.3 Å². The van der Waals surface area contributed by atoms with Crippen molar-refractivity contribution in [3.8, 4) is 0 Å². The molecule has 1 aromatic heterocycles. The van der Waals surface area contributed by atoms with Gasteiger partial charge in [-0.15, -0.1) is 0 Å². The van der Waals surface area contributed by atoms with E-state index in [-0.39, 0.29) is 5.69 Å². The number of hydrogen-bond donors (Lipinski definition) is 2. The van der Waals surface area contributed by atoms with Crippen LogP contribution in [0, 0.1) is 5.82 Å². The number of halogens is 1. The lowest BCUT2D eigenvalue weighted by Crippen LogP contribution is -2.34. The van der Waals surface area contributed by atoms with E-state index < -0.39 is 17.3 Å². The molecule has 110 valence electrons. The lowest BCUT2D eigenvalue weighted by Gasteiger charge is -2.22. The predicted octanol–water partition coefficient (Wildman–Crippen LogP) is 0.905. The van der Waals surface area contributed by atoms with Crippen LogP contribution in [0.25, 0.3) is 0 Å². The highest BCUT2D eigenvalue weighted by molar-refractivity contribution is 6.04. The molecular weight excluding hydrogens is 275 g/mol. The van der Waals surface area contributed by atoms with E-state index in [2.05, 4.69) is 10.2 Å². The summed E-state index contributed by atoms with van der Waals surface area (Å²) in [5.74, 6) is -0.863. The van der Waals surface area contributed by atoms with E-state index in [9.17, 15) is 14.0 Å². The van der Waals surface area contributed by atoms with Gasteiger partial charge in [-0.25, -0.2) is 9.49 Å². The predicted molar refractivity (Wildman–Crippen MR) is 76.6 cm³/mol. The molecule has 7 heteroatoms. The van der Waals surface area contributed by atoms with E-state index in [0.717, 1.165) is 0 Å². The Morgan fingerprint density at radius 1 is 1.33 bits per heavy atom.